The maximum atomic E-state index is 10.7. The fourth-order valence-corrected chi connectivity index (χ4v) is 2.03. The Morgan fingerprint density at radius 3 is 2.90 bits per heavy atom. The topological polar surface area (TPSA) is 95.5 Å². The summed E-state index contributed by atoms with van der Waals surface area (Å²) in [7, 11) is 0. The molecule has 9 heteroatoms. The van der Waals surface area contributed by atoms with E-state index in [1.807, 2.05) is 0 Å². The lowest BCUT2D eigenvalue weighted by Gasteiger charge is -2.08. The lowest BCUT2D eigenvalue weighted by Crippen LogP contribution is -1.99. The molecule has 0 aliphatic heterocycles. The highest BCUT2D eigenvalue weighted by Crippen LogP contribution is 2.30. The monoisotopic (exact) mass is 305 g/mol. The summed E-state index contributed by atoms with van der Waals surface area (Å²) < 4.78 is 7.08. The number of hydrogen-bond donors (Lipinski definition) is 0. The van der Waals surface area contributed by atoms with Gasteiger partial charge in [-0.25, -0.2) is 4.98 Å². The minimum absolute atomic E-state index is 0.00175. The molecule has 0 saturated carbocycles. The van der Waals surface area contributed by atoms with E-state index in [2.05, 4.69) is 15.1 Å². The van der Waals surface area contributed by atoms with Crippen LogP contribution in [0.5, 0.6) is 11.6 Å². The van der Waals surface area contributed by atoms with Gasteiger partial charge < -0.3 is 4.74 Å². The van der Waals surface area contributed by atoms with Crippen molar-refractivity contribution in [2.24, 2.45) is 0 Å². The molecule has 8 nitrogen and oxygen atoms in total. The maximum Gasteiger partial charge on any atom is 0.288 e. The summed E-state index contributed by atoms with van der Waals surface area (Å²) in [4.78, 5) is 18.3. The van der Waals surface area contributed by atoms with E-state index in [1.165, 1.54) is 29.0 Å². The van der Waals surface area contributed by atoms with Crippen molar-refractivity contribution in [2.75, 3.05) is 0 Å². The molecule has 0 radical (unpaired) electrons. The van der Waals surface area contributed by atoms with Gasteiger partial charge in [0.2, 0.25) is 5.88 Å². The Kier molecular flexibility index (Phi) is 3.15. The minimum atomic E-state index is -0.557. The van der Waals surface area contributed by atoms with Crippen LogP contribution in [0.4, 0.5) is 5.69 Å². The molecule has 0 atom stereocenters. The average molecular weight is 306 g/mol. The van der Waals surface area contributed by atoms with Gasteiger partial charge in [0.1, 0.15) is 17.1 Å². The fraction of sp³-hybridized carbons (Fsp3) is 0.0833. The largest absolute Gasteiger partial charge is 0.439 e. The summed E-state index contributed by atoms with van der Waals surface area (Å²) in [5.41, 5.74) is 0.527. The van der Waals surface area contributed by atoms with Crippen LogP contribution >= 0.6 is 11.6 Å². The van der Waals surface area contributed by atoms with E-state index in [0.29, 0.717) is 23.1 Å². The number of aromatic nitrogens is 4. The molecule has 0 bridgehead atoms. The highest BCUT2D eigenvalue weighted by atomic mass is 35.5. The fourth-order valence-electron chi connectivity index (χ4n) is 1.79. The van der Waals surface area contributed by atoms with Gasteiger partial charge in [0.25, 0.3) is 11.5 Å². The number of nitro groups is 1. The molecule has 1 aromatic carbocycles. The van der Waals surface area contributed by atoms with E-state index < -0.39 is 4.92 Å². The Morgan fingerprint density at radius 2 is 2.19 bits per heavy atom. The molecule has 0 aliphatic carbocycles. The predicted molar refractivity (Wildman–Crippen MR) is 73.7 cm³/mol. The number of hydrogen-bond acceptors (Lipinski definition) is 6. The minimum Gasteiger partial charge on any atom is -0.439 e. The Hall–Kier alpha value is -2.74. The van der Waals surface area contributed by atoms with Crippen molar-refractivity contribution in [2.45, 2.75) is 6.92 Å². The van der Waals surface area contributed by atoms with Crippen LogP contribution in [0.3, 0.4) is 0 Å². The summed E-state index contributed by atoms with van der Waals surface area (Å²) in [5.74, 6) is 1.14. The van der Waals surface area contributed by atoms with Crippen LogP contribution in [0.25, 0.3) is 5.78 Å². The molecule has 106 valence electrons. The standard InChI is InChI=1S/C12H8ClN5O3/c1-7-4-11(17-12(16-7)14-6-15-17)21-8-2-3-10(18(19)20)9(13)5-8/h2-6H,1H3. The number of aryl methyl sites for hydroxylation is 1. The molecule has 0 amide bonds. The average Bonchev–Trinajstić information content (AvgIpc) is 2.86. The molecule has 0 saturated heterocycles. The zero-order valence-electron chi connectivity index (χ0n) is 10.7. The SMILES string of the molecule is Cc1cc(Oc2ccc([N+](=O)[O-])c(Cl)c2)n2ncnc2n1. The molecule has 2 aromatic heterocycles. The first-order valence-corrected chi connectivity index (χ1v) is 6.21. The number of halogens is 1. The van der Waals surface area contributed by atoms with Gasteiger partial charge in [0, 0.05) is 23.9 Å². The third-order valence-electron chi connectivity index (χ3n) is 2.69. The number of nitro benzene ring substituents is 1. The third kappa shape index (κ3) is 2.48. The van der Waals surface area contributed by atoms with Crippen LogP contribution in [-0.4, -0.2) is 24.5 Å². The quantitative estimate of drug-likeness (QED) is 0.545. The van der Waals surface area contributed by atoms with E-state index in [1.54, 1.807) is 13.0 Å². The van der Waals surface area contributed by atoms with Crippen LogP contribution in [0, 0.1) is 17.0 Å². The second kappa shape index (κ2) is 4.98. The second-order valence-corrected chi connectivity index (χ2v) is 4.59. The first-order valence-electron chi connectivity index (χ1n) is 5.84. The lowest BCUT2D eigenvalue weighted by atomic mass is 10.3. The highest BCUT2D eigenvalue weighted by Gasteiger charge is 2.14. The van der Waals surface area contributed by atoms with E-state index in [9.17, 15) is 10.1 Å². The van der Waals surface area contributed by atoms with Gasteiger partial charge in [0.15, 0.2) is 0 Å². The molecule has 0 fully saturated rings. The zero-order valence-corrected chi connectivity index (χ0v) is 11.5. The van der Waals surface area contributed by atoms with Gasteiger partial charge in [-0.3, -0.25) is 10.1 Å². The van der Waals surface area contributed by atoms with Gasteiger partial charge in [0.05, 0.1) is 4.92 Å². The Balaban J connectivity index is 2.00. The van der Waals surface area contributed by atoms with Gasteiger partial charge in [-0.1, -0.05) is 11.6 Å². The van der Waals surface area contributed by atoms with Gasteiger partial charge in [-0.2, -0.15) is 14.6 Å². The van der Waals surface area contributed by atoms with E-state index >= 15 is 0 Å². The van der Waals surface area contributed by atoms with Crippen molar-refractivity contribution >= 4 is 23.1 Å². The van der Waals surface area contributed by atoms with Gasteiger partial charge in [-0.15, -0.1) is 0 Å². The Morgan fingerprint density at radius 1 is 1.38 bits per heavy atom. The van der Waals surface area contributed by atoms with E-state index in [4.69, 9.17) is 16.3 Å². The second-order valence-electron chi connectivity index (χ2n) is 4.18. The van der Waals surface area contributed by atoms with Crippen LogP contribution in [0.1, 0.15) is 5.69 Å². The van der Waals surface area contributed by atoms with E-state index in [0.717, 1.165) is 0 Å². The number of rotatable bonds is 3. The summed E-state index contributed by atoms with van der Waals surface area (Å²) in [6.07, 6.45) is 1.36. The molecular weight excluding hydrogens is 298 g/mol. The van der Waals surface area contributed by atoms with Crippen LogP contribution in [0.15, 0.2) is 30.6 Å². The number of benzene rings is 1. The van der Waals surface area contributed by atoms with Crippen molar-refractivity contribution in [3.63, 3.8) is 0 Å². The molecular formula is C12H8ClN5O3. The molecule has 3 rings (SSSR count). The molecule has 0 aliphatic rings. The van der Waals surface area contributed by atoms with Gasteiger partial charge in [-0.05, 0) is 13.0 Å². The van der Waals surface area contributed by atoms with Crippen molar-refractivity contribution in [1.29, 1.82) is 0 Å². The molecule has 3 aromatic rings. The summed E-state index contributed by atoms with van der Waals surface area (Å²) in [5, 5.41) is 14.7. The highest BCUT2D eigenvalue weighted by molar-refractivity contribution is 6.32. The lowest BCUT2D eigenvalue weighted by molar-refractivity contribution is -0.384. The van der Waals surface area contributed by atoms with Crippen molar-refractivity contribution in [1.82, 2.24) is 19.6 Å². The zero-order chi connectivity index (χ0) is 15.0. The smallest absolute Gasteiger partial charge is 0.288 e. The molecule has 0 spiro atoms. The van der Waals surface area contributed by atoms with Crippen LogP contribution < -0.4 is 4.74 Å². The van der Waals surface area contributed by atoms with E-state index in [-0.39, 0.29) is 10.7 Å². The summed E-state index contributed by atoms with van der Waals surface area (Å²) >= 11 is 5.85. The molecule has 0 N–H and O–H groups in total. The molecule has 2 heterocycles. The Bertz CT molecular complexity index is 848. The summed E-state index contributed by atoms with van der Waals surface area (Å²) in [6, 6.07) is 5.79. The number of fused-ring (bicyclic) bond motifs is 1. The first kappa shape index (κ1) is 13.3. The normalized spacial score (nSPS) is 10.8. The van der Waals surface area contributed by atoms with Crippen molar-refractivity contribution in [3.8, 4) is 11.6 Å². The molecule has 21 heavy (non-hydrogen) atoms. The predicted octanol–water partition coefficient (Wildman–Crippen LogP) is 2.79. The Labute approximate surface area is 123 Å². The van der Waals surface area contributed by atoms with Crippen molar-refractivity contribution < 1.29 is 9.66 Å². The third-order valence-corrected chi connectivity index (χ3v) is 2.99. The van der Waals surface area contributed by atoms with Crippen LogP contribution in [-0.2, 0) is 0 Å². The number of ether oxygens (including phenoxy) is 1. The van der Waals surface area contributed by atoms with Crippen LogP contribution in [0.2, 0.25) is 5.02 Å². The van der Waals surface area contributed by atoms with Crippen molar-refractivity contribution in [3.05, 3.63) is 51.4 Å². The number of nitrogens with zero attached hydrogens (tertiary/aromatic N) is 5. The first-order chi connectivity index (χ1) is 10.0. The summed E-state index contributed by atoms with van der Waals surface area (Å²) in [6.45, 7) is 1.80. The molecule has 0 unspecified atom stereocenters. The van der Waals surface area contributed by atoms with Gasteiger partial charge >= 0.3 is 0 Å². The maximum absolute atomic E-state index is 10.7.